The fourth-order valence-corrected chi connectivity index (χ4v) is 2.80. The van der Waals surface area contributed by atoms with Crippen molar-refractivity contribution in [2.45, 2.75) is 18.7 Å². The molecular formula is C16H12Cl2F3N3O. The molecule has 0 aliphatic carbocycles. The summed E-state index contributed by atoms with van der Waals surface area (Å²) in [6.45, 7) is 0.287. The first-order chi connectivity index (χ1) is 11.8. The highest BCUT2D eigenvalue weighted by molar-refractivity contribution is 6.34. The van der Waals surface area contributed by atoms with Gasteiger partial charge in [-0.2, -0.15) is 13.2 Å². The number of nitrogens with zero attached hydrogens (tertiary/aromatic N) is 2. The van der Waals surface area contributed by atoms with E-state index in [-0.39, 0.29) is 23.5 Å². The maximum atomic E-state index is 12.6. The molecule has 0 fully saturated rings. The van der Waals surface area contributed by atoms with Gasteiger partial charge in [-0.25, -0.2) is 4.98 Å². The molecule has 1 N–H and O–H groups in total. The van der Waals surface area contributed by atoms with Crippen LogP contribution in [-0.2, 0) is 11.0 Å². The lowest BCUT2D eigenvalue weighted by molar-refractivity contribution is -0.137. The van der Waals surface area contributed by atoms with Gasteiger partial charge in [0.15, 0.2) is 0 Å². The number of alkyl halides is 3. The van der Waals surface area contributed by atoms with Crippen molar-refractivity contribution in [1.29, 1.82) is 0 Å². The summed E-state index contributed by atoms with van der Waals surface area (Å²) in [5, 5.41) is 7.36. The summed E-state index contributed by atoms with van der Waals surface area (Å²) >= 11 is 12.0. The lowest BCUT2D eigenvalue weighted by Crippen LogP contribution is -2.21. The van der Waals surface area contributed by atoms with Crippen molar-refractivity contribution in [3.63, 3.8) is 0 Å². The molecule has 0 saturated heterocycles. The molecule has 1 aromatic carbocycles. The van der Waals surface area contributed by atoms with Crippen LogP contribution in [0, 0.1) is 0 Å². The monoisotopic (exact) mass is 389 g/mol. The largest absolute Gasteiger partial charge is 0.417 e. The molecule has 25 heavy (non-hydrogen) atoms. The molecule has 9 heteroatoms. The highest BCUT2D eigenvalue weighted by Gasteiger charge is 2.31. The molecule has 0 bridgehead atoms. The number of aromatic nitrogens is 1. The van der Waals surface area contributed by atoms with Crippen LogP contribution in [0.15, 0.2) is 41.7 Å². The Balaban J connectivity index is 1.60. The minimum absolute atomic E-state index is 0.111. The van der Waals surface area contributed by atoms with E-state index in [0.717, 1.165) is 17.8 Å². The number of rotatable bonds is 4. The van der Waals surface area contributed by atoms with E-state index in [1.807, 2.05) is 18.2 Å². The number of halogens is 5. The van der Waals surface area contributed by atoms with E-state index in [9.17, 15) is 13.2 Å². The maximum absolute atomic E-state index is 12.6. The second-order valence-electron chi connectivity index (χ2n) is 5.38. The maximum Gasteiger partial charge on any atom is 0.417 e. The standard InChI is InChI=1S/C16H12Cl2F3N3O/c17-12-4-2-1-3-11(12)14-6-10(25-24-14)8-23-15-13(18)5-9(7-22-15)16(19,20)21/h1-5,7,10H,6,8H2,(H,22,23)/t10-/m0/s1. The molecule has 1 aliphatic heterocycles. The Morgan fingerprint density at radius 1 is 1.20 bits per heavy atom. The summed E-state index contributed by atoms with van der Waals surface area (Å²) in [5.74, 6) is 0.157. The van der Waals surface area contributed by atoms with Crippen molar-refractivity contribution in [3.05, 3.63) is 57.7 Å². The van der Waals surface area contributed by atoms with E-state index in [1.165, 1.54) is 0 Å². The van der Waals surface area contributed by atoms with Crippen molar-refractivity contribution >= 4 is 34.7 Å². The lowest BCUT2D eigenvalue weighted by atomic mass is 10.1. The first kappa shape index (κ1) is 17.8. The molecule has 2 heterocycles. The first-order valence-electron chi connectivity index (χ1n) is 7.29. The third kappa shape index (κ3) is 4.16. The van der Waals surface area contributed by atoms with Crippen LogP contribution >= 0.6 is 23.2 Å². The fourth-order valence-electron chi connectivity index (χ4n) is 2.33. The summed E-state index contributed by atoms with van der Waals surface area (Å²) in [4.78, 5) is 9.05. The molecule has 3 rings (SSSR count). The van der Waals surface area contributed by atoms with E-state index in [2.05, 4.69) is 15.5 Å². The Bertz CT molecular complexity index is 811. The summed E-state index contributed by atoms with van der Waals surface area (Å²) in [7, 11) is 0. The number of hydrogen-bond acceptors (Lipinski definition) is 4. The van der Waals surface area contributed by atoms with Crippen LogP contribution in [0.5, 0.6) is 0 Å². The zero-order valence-electron chi connectivity index (χ0n) is 12.6. The van der Waals surface area contributed by atoms with Crippen LogP contribution in [0.3, 0.4) is 0 Å². The van der Waals surface area contributed by atoms with Gasteiger partial charge in [0.25, 0.3) is 0 Å². The second kappa shape index (κ2) is 7.09. The Morgan fingerprint density at radius 3 is 2.64 bits per heavy atom. The molecule has 1 aliphatic rings. The Hall–Kier alpha value is -1.99. The average molecular weight is 390 g/mol. The number of nitrogens with one attached hydrogen (secondary N) is 1. The van der Waals surface area contributed by atoms with E-state index >= 15 is 0 Å². The van der Waals surface area contributed by atoms with Crippen molar-refractivity contribution in [2.75, 3.05) is 11.9 Å². The summed E-state index contributed by atoms with van der Waals surface area (Å²) < 4.78 is 37.8. The molecule has 0 radical (unpaired) electrons. The normalized spacial score (nSPS) is 17.2. The smallest absolute Gasteiger partial charge is 0.390 e. The SMILES string of the molecule is FC(F)(F)c1cnc(NC[C@@H]2CC(c3ccccc3Cl)=NO2)c(Cl)c1. The molecule has 0 saturated carbocycles. The van der Waals surface area contributed by atoms with Crippen LogP contribution in [0.25, 0.3) is 0 Å². The van der Waals surface area contributed by atoms with Gasteiger partial charge in [0.2, 0.25) is 0 Å². The number of hydrogen-bond donors (Lipinski definition) is 1. The zero-order chi connectivity index (χ0) is 18.0. The molecule has 1 atom stereocenters. The minimum atomic E-state index is -4.48. The van der Waals surface area contributed by atoms with Gasteiger partial charge in [0.05, 0.1) is 22.8 Å². The van der Waals surface area contributed by atoms with Gasteiger partial charge in [0, 0.05) is 23.2 Å². The van der Waals surface area contributed by atoms with Gasteiger partial charge < -0.3 is 10.2 Å². The van der Waals surface area contributed by atoms with Crippen molar-refractivity contribution < 1.29 is 18.0 Å². The second-order valence-corrected chi connectivity index (χ2v) is 6.20. The van der Waals surface area contributed by atoms with Crippen LogP contribution in [-0.4, -0.2) is 23.3 Å². The van der Waals surface area contributed by atoms with Crippen LogP contribution in [0.2, 0.25) is 10.0 Å². The number of pyridine rings is 1. The predicted octanol–water partition coefficient (Wildman–Crippen LogP) is 5.01. The van der Waals surface area contributed by atoms with Gasteiger partial charge in [-0.05, 0) is 12.1 Å². The predicted molar refractivity (Wildman–Crippen MR) is 90.2 cm³/mol. The van der Waals surface area contributed by atoms with Crippen molar-refractivity contribution in [2.24, 2.45) is 5.16 Å². The fraction of sp³-hybridized carbons (Fsp3) is 0.250. The third-order valence-corrected chi connectivity index (χ3v) is 4.20. The number of anilines is 1. The highest BCUT2D eigenvalue weighted by Crippen LogP contribution is 2.32. The summed E-state index contributed by atoms with van der Waals surface area (Å²) in [6.07, 6.45) is -3.54. The summed E-state index contributed by atoms with van der Waals surface area (Å²) in [6, 6.07) is 8.10. The lowest BCUT2D eigenvalue weighted by Gasteiger charge is -2.13. The molecule has 0 unspecified atom stereocenters. The first-order valence-corrected chi connectivity index (χ1v) is 8.04. The molecule has 4 nitrogen and oxygen atoms in total. The van der Waals surface area contributed by atoms with E-state index < -0.39 is 11.7 Å². The highest BCUT2D eigenvalue weighted by atomic mass is 35.5. The Kier molecular flexibility index (Phi) is 5.06. The molecule has 132 valence electrons. The topological polar surface area (TPSA) is 46.5 Å². The van der Waals surface area contributed by atoms with E-state index in [1.54, 1.807) is 6.07 Å². The van der Waals surface area contributed by atoms with E-state index in [4.69, 9.17) is 28.0 Å². The third-order valence-electron chi connectivity index (χ3n) is 3.58. The van der Waals surface area contributed by atoms with Gasteiger partial charge in [-0.3, -0.25) is 0 Å². The Labute approximate surface area is 151 Å². The van der Waals surface area contributed by atoms with Crippen molar-refractivity contribution in [3.8, 4) is 0 Å². The zero-order valence-corrected chi connectivity index (χ0v) is 14.2. The van der Waals surface area contributed by atoms with Gasteiger partial charge in [-0.1, -0.05) is 46.6 Å². The quantitative estimate of drug-likeness (QED) is 0.798. The van der Waals surface area contributed by atoms with Crippen LogP contribution < -0.4 is 5.32 Å². The summed E-state index contributed by atoms with van der Waals surface area (Å²) in [5.41, 5.74) is 0.603. The van der Waals surface area contributed by atoms with Crippen LogP contribution in [0.1, 0.15) is 17.5 Å². The van der Waals surface area contributed by atoms with E-state index in [0.29, 0.717) is 17.2 Å². The Morgan fingerprint density at radius 2 is 1.96 bits per heavy atom. The minimum Gasteiger partial charge on any atom is -0.390 e. The molecule has 2 aromatic rings. The molecular weight excluding hydrogens is 378 g/mol. The number of benzene rings is 1. The van der Waals surface area contributed by atoms with Crippen molar-refractivity contribution in [1.82, 2.24) is 4.98 Å². The van der Waals surface area contributed by atoms with Gasteiger partial charge >= 0.3 is 6.18 Å². The molecule has 0 amide bonds. The van der Waals surface area contributed by atoms with Crippen LogP contribution in [0.4, 0.5) is 19.0 Å². The number of oxime groups is 1. The van der Waals surface area contributed by atoms with Gasteiger partial charge in [-0.15, -0.1) is 0 Å². The molecule has 1 aromatic heterocycles. The molecule has 0 spiro atoms. The average Bonchev–Trinajstić information content (AvgIpc) is 3.02. The van der Waals surface area contributed by atoms with Gasteiger partial charge in [0.1, 0.15) is 11.9 Å².